The van der Waals surface area contributed by atoms with Gasteiger partial charge in [0.05, 0.1) is 25.4 Å². The fourth-order valence-electron chi connectivity index (χ4n) is 1.13. The summed E-state index contributed by atoms with van der Waals surface area (Å²) in [6.07, 6.45) is 1.92. The Morgan fingerprint density at radius 2 is 2.50 bits per heavy atom. The molecular formula is C8H12O4. The highest BCUT2D eigenvalue weighted by molar-refractivity contribution is 5.67. The van der Waals surface area contributed by atoms with Gasteiger partial charge in [-0.3, -0.25) is 4.79 Å². The van der Waals surface area contributed by atoms with Crippen molar-refractivity contribution in [3.63, 3.8) is 0 Å². The summed E-state index contributed by atoms with van der Waals surface area (Å²) in [7, 11) is 0. The topological polar surface area (TPSA) is 66.8 Å². The predicted octanol–water partition coefficient (Wildman–Crippen LogP) is 0.516. The molecule has 68 valence electrons. The molecule has 0 amide bonds. The van der Waals surface area contributed by atoms with Crippen molar-refractivity contribution in [3.05, 3.63) is 11.8 Å². The van der Waals surface area contributed by atoms with E-state index in [0.717, 1.165) is 12.8 Å². The van der Waals surface area contributed by atoms with Crippen LogP contribution in [-0.4, -0.2) is 28.9 Å². The van der Waals surface area contributed by atoms with Crippen molar-refractivity contribution in [3.8, 4) is 0 Å². The molecule has 4 nitrogen and oxygen atoms in total. The van der Waals surface area contributed by atoms with E-state index in [0.29, 0.717) is 12.2 Å². The molecule has 1 atom stereocenters. The minimum Gasteiger partial charge on any atom is -0.501 e. The number of ether oxygens (including phenoxy) is 1. The maximum Gasteiger partial charge on any atom is 0.306 e. The number of carbonyl (C=O) groups is 1. The van der Waals surface area contributed by atoms with Crippen LogP contribution in [0.15, 0.2) is 11.8 Å². The van der Waals surface area contributed by atoms with Crippen LogP contribution < -0.4 is 0 Å². The van der Waals surface area contributed by atoms with E-state index in [4.69, 9.17) is 9.84 Å². The number of hydrogen-bond acceptors (Lipinski definition) is 3. The quantitative estimate of drug-likeness (QED) is 0.651. The van der Waals surface area contributed by atoms with E-state index in [2.05, 4.69) is 0 Å². The third kappa shape index (κ3) is 2.54. The molecule has 0 saturated heterocycles. The number of aliphatic hydroxyl groups excluding tert-OH is 1. The number of aliphatic hydroxyl groups is 1. The van der Waals surface area contributed by atoms with Crippen LogP contribution >= 0.6 is 0 Å². The summed E-state index contributed by atoms with van der Waals surface area (Å²) in [6.45, 7) is 0.656. The molecule has 4 heteroatoms. The average Bonchev–Trinajstić information content (AvgIpc) is 2.05. The minimum atomic E-state index is -0.992. The van der Waals surface area contributed by atoms with Crippen LogP contribution in [0.5, 0.6) is 0 Å². The van der Waals surface area contributed by atoms with Gasteiger partial charge in [0.2, 0.25) is 0 Å². The van der Waals surface area contributed by atoms with E-state index in [1.807, 2.05) is 0 Å². The molecule has 1 aliphatic heterocycles. The first-order chi connectivity index (χ1) is 5.70. The van der Waals surface area contributed by atoms with Gasteiger partial charge < -0.3 is 14.9 Å². The van der Waals surface area contributed by atoms with E-state index in [-0.39, 0.29) is 6.42 Å². The molecule has 0 saturated carbocycles. The zero-order chi connectivity index (χ0) is 8.97. The minimum absolute atomic E-state index is 0.241. The molecule has 0 unspecified atom stereocenters. The van der Waals surface area contributed by atoms with Crippen molar-refractivity contribution in [2.45, 2.75) is 25.4 Å². The summed E-state index contributed by atoms with van der Waals surface area (Å²) in [6, 6.07) is 0. The molecule has 0 aromatic carbocycles. The molecule has 1 heterocycles. The number of rotatable bonds is 3. The van der Waals surface area contributed by atoms with Gasteiger partial charge in [0.25, 0.3) is 0 Å². The maximum absolute atomic E-state index is 10.2. The first kappa shape index (κ1) is 9.06. The van der Waals surface area contributed by atoms with Gasteiger partial charge in [-0.2, -0.15) is 0 Å². The highest BCUT2D eigenvalue weighted by Crippen LogP contribution is 2.17. The lowest BCUT2D eigenvalue weighted by atomic mass is 10.0. The molecule has 1 aliphatic rings. The third-order valence-electron chi connectivity index (χ3n) is 1.76. The second-order valence-corrected chi connectivity index (χ2v) is 2.78. The van der Waals surface area contributed by atoms with Crippen LogP contribution in [0, 0.1) is 0 Å². The van der Waals surface area contributed by atoms with E-state index in [9.17, 15) is 9.90 Å². The Balaban J connectivity index is 2.44. The second-order valence-electron chi connectivity index (χ2n) is 2.78. The Labute approximate surface area is 70.5 Å². The van der Waals surface area contributed by atoms with Gasteiger partial charge in [-0.25, -0.2) is 0 Å². The molecule has 0 aromatic rings. The van der Waals surface area contributed by atoms with Gasteiger partial charge in [0.15, 0.2) is 0 Å². The SMILES string of the molecule is O=C(O)C[C@@H](O)C1=COCCC1. The van der Waals surface area contributed by atoms with Crippen LogP contribution in [0.25, 0.3) is 0 Å². The second kappa shape index (κ2) is 4.11. The third-order valence-corrected chi connectivity index (χ3v) is 1.76. The summed E-state index contributed by atoms with van der Waals surface area (Å²) in [4.78, 5) is 10.2. The van der Waals surface area contributed by atoms with Gasteiger partial charge >= 0.3 is 5.97 Å². The van der Waals surface area contributed by atoms with Gasteiger partial charge in [-0.1, -0.05) is 0 Å². The lowest BCUT2D eigenvalue weighted by Gasteiger charge is -2.17. The van der Waals surface area contributed by atoms with Gasteiger partial charge in [0, 0.05) is 0 Å². The largest absolute Gasteiger partial charge is 0.501 e. The van der Waals surface area contributed by atoms with E-state index >= 15 is 0 Å². The van der Waals surface area contributed by atoms with Gasteiger partial charge in [-0.15, -0.1) is 0 Å². The maximum atomic E-state index is 10.2. The van der Waals surface area contributed by atoms with Crippen molar-refractivity contribution >= 4 is 5.97 Å². The number of hydrogen-bond donors (Lipinski definition) is 2. The fraction of sp³-hybridized carbons (Fsp3) is 0.625. The van der Waals surface area contributed by atoms with Crippen molar-refractivity contribution in [1.29, 1.82) is 0 Å². The Morgan fingerprint density at radius 3 is 3.00 bits per heavy atom. The summed E-state index contributed by atoms with van der Waals surface area (Å²) in [5, 5.41) is 17.7. The normalized spacial score (nSPS) is 19.2. The molecule has 1 rings (SSSR count). The predicted molar refractivity (Wildman–Crippen MR) is 41.5 cm³/mol. The number of carboxylic acid groups (broad SMARTS) is 1. The number of carboxylic acids is 1. The molecular weight excluding hydrogens is 160 g/mol. The lowest BCUT2D eigenvalue weighted by Crippen LogP contribution is -2.18. The molecule has 12 heavy (non-hydrogen) atoms. The lowest BCUT2D eigenvalue weighted by molar-refractivity contribution is -0.138. The molecule has 0 aromatic heterocycles. The van der Waals surface area contributed by atoms with Crippen molar-refractivity contribution in [2.75, 3.05) is 6.61 Å². The van der Waals surface area contributed by atoms with Crippen LogP contribution in [-0.2, 0) is 9.53 Å². The van der Waals surface area contributed by atoms with E-state index < -0.39 is 12.1 Å². The van der Waals surface area contributed by atoms with Crippen LogP contribution in [0.4, 0.5) is 0 Å². The Hall–Kier alpha value is -1.03. The summed E-state index contributed by atoms with van der Waals surface area (Å²) >= 11 is 0. The Morgan fingerprint density at radius 1 is 1.75 bits per heavy atom. The van der Waals surface area contributed by atoms with Gasteiger partial charge in [0.1, 0.15) is 0 Å². The highest BCUT2D eigenvalue weighted by Gasteiger charge is 2.16. The molecule has 2 N–H and O–H groups in total. The summed E-state index contributed by atoms with van der Waals surface area (Å²) in [5.74, 6) is -0.992. The Kier molecular flexibility index (Phi) is 3.10. The van der Waals surface area contributed by atoms with E-state index in [1.54, 1.807) is 0 Å². The smallest absolute Gasteiger partial charge is 0.306 e. The van der Waals surface area contributed by atoms with Crippen molar-refractivity contribution < 1.29 is 19.7 Å². The van der Waals surface area contributed by atoms with Gasteiger partial charge in [-0.05, 0) is 18.4 Å². The van der Waals surface area contributed by atoms with Crippen LogP contribution in [0.2, 0.25) is 0 Å². The average molecular weight is 172 g/mol. The molecule has 0 aliphatic carbocycles. The zero-order valence-corrected chi connectivity index (χ0v) is 6.69. The standard InChI is InChI=1S/C8H12O4/c9-7(4-8(10)11)6-2-1-3-12-5-6/h5,7,9H,1-4H2,(H,10,11)/t7-/m1/s1. The molecule has 0 radical (unpaired) electrons. The molecule has 0 bridgehead atoms. The zero-order valence-electron chi connectivity index (χ0n) is 6.69. The number of aliphatic carboxylic acids is 1. The van der Waals surface area contributed by atoms with E-state index in [1.165, 1.54) is 6.26 Å². The summed E-state index contributed by atoms with van der Waals surface area (Å²) in [5.41, 5.74) is 0.684. The monoisotopic (exact) mass is 172 g/mol. The molecule has 0 spiro atoms. The van der Waals surface area contributed by atoms with Crippen LogP contribution in [0.1, 0.15) is 19.3 Å². The summed E-state index contributed by atoms with van der Waals surface area (Å²) < 4.78 is 4.97. The van der Waals surface area contributed by atoms with Crippen molar-refractivity contribution in [2.24, 2.45) is 0 Å². The highest BCUT2D eigenvalue weighted by atomic mass is 16.5. The molecule has 0 fully saturated rings. The first-order valence-corrected chi connectivity index (χ1v) is 3.90. The van der Waals surface area contributed by atoms with Crippen LogP contribution in [0.3, 0.4) is 0 Å². The first-order valence-electron chi connectivity index (χ1n) is 3.90. The fourth-order valence-corrected chi connectivity index (χ4v) is 1.13. The Bertz CT molecular complexity index is 197. The van der Waals surface area contributed by atoms with Crippen molar-refractivity contribution in [1.82, 2.24) is 0 Å².